The van der Waals surface area contributed by atoms with Crippen LogP contribution in [0.2, 0.25) is 0 Å². The summed E-state index contributed by atoms with van der Waals surface area (Å²) in [6.45, 7) is 0.590. The van der Waals surface area contributed by atoms with Crippen LogP contribution in [0.25, 0.3) is 0 Å². The molecule has 0 N–H and O–H groups in total. The first-order valence-electron chi connectivity index (χ1n) is 8.77. The van der Waals surface area contributed by atoms with E-state index in [0.29, 0.717) is 19.5 Å². The van der Waals surface area contributed by atoms with Gasteiger partial charge in [0.25, 0.3) is 5.91 Å². The van der Waals surface area contributed by atoms with Gasteiger partial charge in [-0.3, -0.25) is 9.59 Å². The second-order valence-corrected chi connectivity index (χ2v) is 6.44. The van der Waals surface area contributed by atoms with Gasteiger partial charge in [-0.15, -0.1) is 0 Å². The van der Waals surface area contributed by atoms with E-state index in [9.17, 15) is 14.4 Å². The first-order valence-corrected chi connectivity index (χ1v) is 8.77. The van der Waals surface area contributed by atoms with E-state index in [1.54, 1.807) is 23.9 Å². The van der Waals surface area contributed by atoms with E-state index in [1.807, 2.05) is 30.3 Å². The number of hydrogen-bond donors (Lipinski definition) is 0. The Balaban J connectivity index is 2.09. The number of cyclic esters (lactones) is 1. The van der Waals surface area contributed by atoms with Gasteiger partial charge in [0, 0.05) is 33.6 Å². The maximum absolute atomic E-state index is 12.7. The third-order valence-corrected chi connectivity index (χ3v) is 4.30. The predicted molar refractivity (Wildman–Crippen MR) is 95.4 cm³/mol. The number of esters is 1. The molecule has 1 aliphatic rings. The van der Waals surface area contributed by atoms with Crippen molar-refractivity contribution in [1.29, 1.82) is 0 Å². The Hall–Kier alpha value is -2.41. The Bertz CT molecular complexity index is 620. The molecule has 1 unspecified atom stereocenters. The minimum Gasteiger partial charge on any atom is -0.450 e. The highest BCUT2D eigenvalue weighted by Gasteiger charge is 2.27. The topological polar surface area (TPSA) is 76.2 Å². The maximum Gasteiger partial charge on any atom is 0.332 e. The highest BCUT2D eigenvalue weighted by atomic mass is 16.6. The summed E-state index contributed by atoms with van der Waals surface area (Å²) >= 11 is 0. The number of hydrogen-bond acceptors (Lipinski definition) is 5. The van der Waals surface area contributed by atoms with Gasteiger partial charge >= 0.3 is 5.97 Å². The molecule has 26 heavy (non-hydrogen) atoms. The summed E-state index contributed by atoms with van der Waals surface area (Å²) < 4.78 is 10.5. The quantitative estimate of drug-likeness (QED) is 0.730. The minimum absolute atomic E-state index is 0.178. The number of rotatable bonds is 2. The van der Waals surface area contributed by atoms with Crippen LogP contribution in [-0.2, 0) is 30.3 Å². The van der Waals surface area contributed by atoms with Gasteiger partial charge in [-0.25, -0.2) is 4.79 Å². The van der Waals surface area contributed by atoms with Gasteiger partial charge in [0.2, 0.25) is 5.91 Å². The van der Waals surface area contributed by atoms with Crippen molar-refractivity contribution in [3.05, 3.63) is 35.9 Å². The van der Waals surface area contributed by atoms with Crippen LogP contribution in [0.4, 0.5) is 0 Å². The van der Waals surface area contributed by atoms with Gasteiger partial charge in [-0.1, -0.05) is 30.3 Å². The van der Waals surface area contributed by atoms with Crippen molar-refractivity contribution in [3.8, 4) is 0 Å². The highest BCUT2D eigenvalue weighted by Crippen LogP contribution is 2.10. The lowest BCUT2D eigenvalue weighted by atomic mass is 10.1. The summed E-state index contributed by atoms with van der Waals surface area (Å²) in [7, 11) is 3.39. The largest absolute Gasteiger partial charge is 0.450 e. The second kappa shape index (κ2) is 9.91. The molecule has 0 aromatic heterocycles. The number of benzene rings is 1. The lowest BCUT2D eigenvalue weighted by Crippen LogP contribution is -2.42. The molecular formula is C19H26N2O5. The Morgan fingerprint density at radius 1 is 0.962 bits per heavy atom. The highest BCUT2D eigenvalue weighted by molar-refractivity contribution is 5.84. The summed E-state index contributed by atoms with van der Waals surface area (Å²) in [5.41, 5.74) is 0.908. The van der Waals surface area contributed by atoms with E-state index in [2.05, 4.69) is 0 Å². The molecule has 0 saturated carbocycles. The van der Waals surface area contributed by atoms with Gasteiger partial charge in [-0.2, -0.15) is 0 Å². The third kappa shape index (κ3) is 6.15. The molecule has 0 aliphatic carbocycles. The van der Waals surface area contributed by atoms with Crippen molar-refractivity contribution < 1.29 is 23.9 Å². The second-order valence-electron chi connectivity index (χ2n) is 6.44. The monoisotopic (exact) mass is 362 g/mol. The number of likely N-dealkylation sites (N-methyl/N-ethyl adjacent to an activating group) is 2. The molecule has 7 heteroatoms. The molecule has 2 amide bonds. The molecular weight excluding hydrogens is 336 g/mol. The Morgan fingerprint density at radius 3 is 2.31 bits per heavy atom. The number of nitrogens with zero attached hydrogens (tertiary/aromatic N) is 2. The van der Waals surface area contributed by atoms with Gasteiger partial charge in [0.15, 0.2) is 6.10 Å². The normalized spacial score (nSPS) is 21.3. The molecule has 1 heterocycles. The Labute approximate surface area is 153 Å². The van der Waals surface area contributed by atoms with Crippen LogP contribution in [0.3, 0.4) is 0 Å². The SMILES string of the molecule is CN1CCCCN(C)C(=O)C(Cc2ccccc2)OC(=O)COCC1=O. The smallest absolute Gasteiger partial charge is 0.332 e. The maximum atomic E-state index is 12.7. The summed E-state index contributed by atoms with van der Waals surface area (Å²) in [6.07, 6.45) is 0.937. The fraction of sp³-hybridized carbons (Fsp3) is 0.526. The molecule has 1 saturated heterocycles. The Morgan fingerprint density at radius 2 is 1.62 bits per heavy atom. The van der Waals surface area contributed by atoms with Gasteiger partial charge in [0.05, 0.1) is 0 Å². The first-order chi connectivity index (χ1) is 12.5. The molecule has 142 valence electrons. The fourth-order valence-corrected chi connectivity index (χ4v) is 2.71. The van der Waals surface area contributed by atoms with Crippen molar-refractivity contribution in [1.82, 2.24) is 9.80 Å². The molecule has 7 nitrogen and oxygen atoms in total. The lowest BCUT2D eigenvalue weighted by molar-refractivity contribution is -0.164. The van der Waals surface area contributed by atoms with Crippen molar-refractivity contribution in [2.75, 3.05) is 40.4 Å². The molecule has 1 aromatic carbocycles. The van der Waals surface area contributed by atoms with Crippen LogP contribution >= 0.6 is 0 Å². The number of ether oxygens (including phenoxy) is 2. The molecule has 1 aromatic rings. The van der Waals surface area contributed by atoms with Gasteiger partial charge in [0.1, 0.15) is 13.2 Å². The lowest BCUT2D eigenvalue weighted by Gasteiger charge is -2.25. The predicted octanol–water partition coefficient (Wildman–Crippen LogP) is 0.868. The van der Waals surface area contributed by atoms with E-state index in [4.69, 9.17) is 9.47 Å². The van der Waals surface area contributed by atoms with Gasteiger partial charge < -0.3 is 19.3 Å². The third-order valence-electron chi connectivity index (χ3n) is 4.30. The zero-order valence-electron chi connectivity index (χ0n) is 15.3. The molecule has 0 spiro atoms. The van der Waals surface area contributed by atoms with E-state index >= 15 is 0 Å². The average molecular weight is 362 g/mol. The van der Waals surface area contributed by atoms with Crippen LogP contribution in [0.15, 0.2) is 30.3 Å². The molecule has 2 rings (SSSR count). The van der Waals surface area contributed by atoms with Crippen molar-refractivity contribution in [2.45, 2.75) is 25.4 Å². The molecule has 1 atom stereocenters. The fourth-order valence-electron chi connectivity index (χ4n) is 2.71. The summed E-state index contributed by atoms with van der Waals surface area (Å²) in [4.78, 5) is 39.8. The van der Waals surface area contributed by atoms with E-state index in [-0.39, 0.29) is 25.0 Å². The average Bonchev–Trinajstić information content (AvgIpc) is 2.63. The standard InChI is InChI=1S/C19H26N2O5/c1-20-10-6-7-11-21(2)19(24)16(12-15-8-4-3-5-9-15)26-18(23)14-25-13-17(20)22/h3-5,8-9,16H,6-7,10-14H2,1-2H3. The molecule has 1 aliphatic heterocycles. The summed E-state index contributed by atoms with van der Waals surface area (Å²) in [6, 6.07) is 9.41. The zero-order valence-corrected chi connectivity index (χ0v) is 15.3. The van der Waals surface area contributed by atoms with Crippen molar-refractivity contribution in [3.63, 3.8) is 0 Å². The van der Waals surface area contributed by atoms with Crippen molar-refractivity contribution in [2.24, 2.45) is 0 Å². The van der Waals surface area contributed by atoms with E-state index in [0.717, 1.165) is 18.4 Å². The van der Waals surface area contributed by atoms with Crippen LogP contribution in [0, 0.1) is 0 Å². The van der Waals surface area contributed by atoms with E-state index < -0.39 is 12.1 Å². The van der Waals surface area contributed by atoms with Crippen LogP contribution in [0.1, 0.15) is 18.4 Å². The van der Waals surface area contributed by atoms with Crippen LogP contribution in [0.5, 0.6) is 0 Å². The van der Waals surface area contributed by atoms with Crippen LogP contribution < -0.4 is 0 Å². The number of amides is 2. The van der Waals surface area contributed by atoms with Gasteiger partial charge in [-0.05, 0) is 18.4 Å². The number of carbonyl (C=O) groups is 3. The van der Waals surface area contributed by atoms with Crippen molar-refractivity contribution >= 4 is 17.8 Å². The number of carbonyl (C=O) groups excluding carboxylic acids is 3. The summed E-state index contributed by atoms with van der Waals surface area (Å²) in [5, 5.41) is 0. The molecule has 0 radical (unpaired) electrons. The molecule has 1 fully saturated rings. The first kappa shape index (κ1) is 19.9. The molecule has 0 bridgehead atoms. The van der Waals surface area contributed by atoms with E-state index in [1.165, 1.54) is 0 Å². The Kier molecular flexibility index (Phi) is 7.59. The van der Waals surface area contributed by atoms with Crippen LogP contribution in [-0.4, -0.2) is 74.1 Å². The minimum atomic E-state index is -0.903. The zero-order chi connectivity index (χ0) is 18.9. The summed E-state index contributed by atoms with van der Waals surface area (Å²) in [5.74, 6) is -1.07.